The summed E-state index contributed by atoms with van der Waals surface area (Å²) >= 11 is 0. The fourth-order valence-corrected chi connectivity index (χ4v) is 1.46. The number of amides is 1. The Kier molecular flexibility index (Phi) is 4.87. The van der Waals surface area contributed by atoms with Crippen LogP contribution in [0.4, 0.5) is 4.79 Å². The maximum atomic E-state index is 11.0. The topological polar surface area (TPSA) is 72.8 Å². The van der Waals surface area contributed by atoms with Crippen LogP contribution < -0.4 is 5.32 Å². The molecule has 0 fully saturated rings. The van der Waals surface area contributed by atoms with E-state index < -0.39 is 17.7 Å². The van der Waals surface area contributed by atoms with Gasteiger partial charge in [-0.15, -0.1) is 0 Å². The van der Waals surface area contributed by atoms with Gasteiger partial charge in [-0.3, -0.25) is 4.90 Å². The lowest BCUT2D eigenvalue weighted by Crippen LogP contribution is -2.55. The van der Waals surface area contributed by atoms with Gasteiger partial charge in [-0.2, -0.15) is 0 Å². The van der Waals surface area contributed by atoms with E-state index in [0.717, 1.165) is 0 Å². The van der Waals surface area contributed by atoms with Crippen molar-refractivity contribution in [2.45, 2.75) is 32.4 Å². The zero-order valence-electron chi connectivity index (χ0n) is 9.24. The number of likely N-dealkylation sites (N-methyl/N-ethyl adjacent to an activating group) is 1. The molecule has 0 aliphatic rings. The van der Waals surface area contributed by atoms with Crippen LogP contribution in [0.15, 0.2) is 0 Å². The number of aliphatic hydroxyl groups is 1. The minimum atomic E-state index is -1.01. The van der Waals surface area contributed by atoms with Crippen LogP contribution >= 0.6 is 0 Å². The molecule has 0 saturated heterocycles. The Morgan fingerprint density at radius 2 is 2.00 bits per heavy atom. The van der Waals surface area contributed by atoms with Crippen LogP contribution in [-0.4, -0.2) is 53.0 Å². The Balaban J connectivity index is 4.70. The number of aliphatic hydroxyl groups excluding tert-OH is 1. The summed E-state index contributed by atoms with van der Waals surface area (Å²) < 4.78 is 0. The maximum absolute atomic E-state index is 11.0. The summed E-state index contributed by atoms with van der Waals surface area (Å²) in [4.78, 5) is 12.3. The van der Waals surface area contributed by atoms with Gasteiger partial charge in [0.25, 0.3) is 0 Å². The second-order valence-electron chi connectivity index (χ2n) is 4.22. The molecule has 5 heteroatoms. The molecular formula is C9H20N2O3. The van der Waals surface area contributed by atoms with Crippen molar-refractivity contribution in [3.05, 3.63) is 0 Å². The zero-order chi connectivity index (χ0) is 11.4. The average Bonchev–Trinajstić information content (AvgIpc) is 2.00. The highest BCUT2D eigenvalue weighted by atomic mass is 16.4. The van der Waals surface area contributed by atoms with E-state index in [4.69, 9.17) is 10.2 Å². The Bertz CT molecular complexity index is 189. The second kappa shape index (κ2) is 5.17. The van der Waals surface area contributed by atoms with Gasteiger partial charge in [0.15, 0.2) is 0 Å². The molecule has 0 heterocycles. The summed E-state index contributed by atoms with van der Waals surface area (Å²) in [6, 6.07) is -0.405. The lowest BCUT2D eigenvalue weighted by atomic mass is 10.0. The Labute approximate surface area is 84.7 Å². The van der Waals surface area contributed by atoms with E-state index in [2.05, 4.69) is 5.32 Å². The van der Waals surface area contributed by atoms with Crippen LogP contribution in [0.1, 0.15) is 20.8 Å². The van der Waals surface area contributed by atoms with Crippen LogP contribution in [0.3, 0.4) is 0 Å². The van der Waals surface area contributed by atoms with Crippen molar-refractivity contribution < 1.29 is 15.0 Å². The van der Waals surface area contributed by atoms with Gasteiger partial charge in [-0.1, -0.05) is 0 Å². The molecule has 0 saturated carbocycles. The molecule has 3 N–H and O–H groups in total. The SMILES string of the molecule is CNCC(CO)N(C(=O)O)C(C)(C)C. The van der Waals surface area contributed by atoms with Crippen molar-refractivity contribution in [3.8, 4) is 0 Å². The smallest absolute Gasteiger partial charge is 0.408 e. The monoisotopic (exact) mass is 204 g/mol. The maximum Gasteiger partial charge on any atom is 0.408 e. The predicted octanol–water partition coefficient (Wildman–Crippen LogP) is 0.345. The van der Waals surface area contributed by atoms with E-state index in [9.17, 15) is 4.79 Å². The Hall–Kier alpha value is -0.810. The molecule has 5 nitrogen and oxygen atoms in total. The van der Waals surface area contributed by atoms with Crippen molar-refractivity contribution in [2.24, 2.45) is 0 Å². The molecule has 0 aliphatic carbocycles. The lowest BCUT2D eigenvalue weighted by Gasteiger charge is -2.38. The molecule has 0 spiro atoms. The van der Waals surface area contributed by atoms with Crippen molar-refractivity contribution in [1.29, 1.82) is 0 Å². The van der Waals surface area contributed by atoms with Crippen LogP contribution in [0, 0.1) is 0 Å². The number of carboxylic acid groups (broad SMARTS) is 1. The van der Waals surface area contributed by atoms with E-state index in [1.54, 1.807) is 27.8 Å². The van der Waals surface area contributed by atoms with Gasteiger partial charge >= 0.3 is 6.09 Å². The fraction of sp³-hybridized carbons (Fsp3) is 0.889. The third-order valence-corrected chi connectivity index (χ3v) is 1.94. The molecule has 14 heavy (non-hydrogen) atoms. The molecule has 1 atom stereocenters. The number of hydrogen-bond donors (Lipinski definition) is 3. The molecule has 1 amide bonds. The first-order valence-electron chi connectivity index (χ1n) is 4.62. The minimum Gasteiger partial charge on any atom is -0.465 e. The van der Waals surface area contributed by atoms with Gasteiger partial charge in [0, 0.05) is 12.1 Å². The van der Waals surface area contributed by atoms with E-state index >= 15 is 0 Å². The van der Waals surface area contributed by atoms with E-state index in [1.807, 2.05) is 0 Å². The largest absolute Gasteiger partial charge is 0.465 e. The van der Waals surface area contributed by atoms with E-state index in [1.165, 1.54) is 4.90 Å². The number of nitrogens with one attached hydrogen (secondary N) is 1. The molecule has 84 valence electrons. The van der Waals surface area contributed by atoms with Crippen molar-refractivity contribution >= 4 is 6.09 Å². The van der Waals surface area contributed by atoms with Crippen LogP contribution in [0.5, 0.6) is 0 Å². The summed E-state index contributed by atoms with van der Waals surface area (Å²) in [6.45, 7) is 5.68. The molecule has 0 aromatic carbocycles. The van der Waals surface area contributed by atoms with Gasteiger partial charge in [0.2, 0.25) is 0 Å². The molecule has 0 radical (unpaired) electrons. The summed E-state index contributed by atoms with van der Waals surface area (Å²) in [5.41, 5.74) is -0.504. The highest BCUT2D eigenvalue weighted by Gasteiger charge is 2.32. The van der Waals surface area contributed by atoms with Crippen molar-refractivity contribution in [3.63, 3.8) is 0 Å². The van der Waals surface area contributed by atoms with Crippen molar-refractivity contribution in [2.75, 3.05) is 20.2 Å². The third kappa shape index (κ3) is 3.51. The zero-order valence-corrected chi connectivity index (χ0v) is 9.24. The predicted molar refractivity (Wildman–Crippen MR) is 54.4 cm³/mol. The highest BCUT2D eigenvalue weighted by Crippen LogP contribution is 2.16. The second-order valence-corrected chi connectivity index (χ2v) is 4.22. The molecule has 0 bridgehead atoms. The average molecular weight is 204 g/mol. The standard InChI is InChI=1S/C9H20N2O3/c1-9(2,3)11(8(13)14)7(6-12)5-10-4/h7,10,12H,5-6H2,1-4H3,(H,13,14). The van der Waals surface area contributed by atoms with Crippen LogP contribution in [0.2, 0.25) is 0 Å². The lowest BCUT2D eigenvalue weighted by molar-refractivity contribution is 0.0471. The number of carbonyl (C=O) groups is 1. The van der Waals surface area contributed by atoms with Gasteiger partial charge in [-0.05, 0) is 27.8 Å². The highest BCUT2D eigenvalue weighted by molar-refractivity contribution is 5.66. The van der Waals surface area contributed by atoms with E-state index in [-0.39, 0.29) is 6.61 Å². The number of hydrogen-bond acceptors (Lipinski definition) is 3. The van der Waals surface area contributed by atoms with Gasteiger partial charge in [0.1, 0.15) is 0 Å². The normalized spacial score (nSPS) is 13.8. The molecular weight excluding hydrogens is 184 g/mol. The van der Waals surface area contributed by atoms with Gasteiger partial charge in [0.05, 0.1) is 12.6 Å². The van der Waals surface area contributed by atoms with Gasteiger partial charge < -0.3 is 15.5 Å². The summed E-state index contributed by atoms with van der Waals surface area (Å²) in [5, 5.41) is 21.0. The summed E-state index contributed by atoms with van der Waals surface area (Å²) in [7, 11) is 1.73. The molecule has 0 aromatic heterocycles. The van der Waals surface area contributed by atoms with Crippen LogP contribution in [0.25, 0.3) is 0 Å². The first-order chi connectivity index (χ1) is 6.34. The quantitative estimate of drug-likeness (QED) is 0.617. The van der Waals surface area contributed by atoms with Gasteiger partial charge in [-0.25, -0.2) is 4.79 Å². The first kappa shape index (κ1) is 13.2. The molecule has 0 aliphatic heterocycles. The molecule has 0 rings (SSSR count). The fourth-order valence-electron chi connectivity index (χ4n) is 1.46. The molecule has 0 aromatic rings. The summed E-state index contributed by atoms with van der Waals surface area (Å²) in [6.07, 6.45) is -1.01. The van der Waals surface area contributed by atoms with Crippen LogP contribution in [-0.2, 0) is 0 Å². The third-order valence-electron chi connectivity index (χ3n) is 1.94. The Morgan fingerprint density at radius 3 is 2.21 bits per heavy atom. The number of nitrogens with zero attached hydrogens (tertiary/aromatic N) is 1. The number of rotatable bonds is 4. The summed E-state index contributed by atoms with van der Waals surface area (Å²) in [5.74, 6) is 0. The Morgan fingerprint density at radius 1 is 1.50 bits per heavy atom. The molecule has 1 unspecified atom stereocenters. The van der Waals surface area contributed by atoms with E-state index in [0.29, 0.717) is 6.54 Å². The minimum absolute atomic E-state index is 0.176. The first-order valence-corrected chi connectivity index (χ1v) is 4.62. The van der Waals surface area contributed by atoms with Crippen molar-refractivity contribution in [1.82, 2.24) is 10.2 Å².